The second kappa shape index (κ2) is 8.65. The summed E-state index contributed by atoms with van der Waals surface area (Å²) in [5, 5.41) is 7.85. The zero-order chi connectivity index (χ0) is 23.9. The quantitative estimate of drug-likeness (QED) is 0.237. The molecule has 0 amide bonds. The minimum absolute atomic E-state index is 0.726. The lowest BCUT2D eigenvalue weighted by Crippen LogP contribution is -1.93. The monoisotopic (exact) mass is 474 g/mol. The maximum absolute atomic E-state index is 6.26. The third kappa shape index (κ3) is 3.67. The first-order chi connectivity index (χ1) is 17.2. The Kier molecular flexibility index (Phi) is 5.32. The van der Waals surface area contributed by atoms with Crippen LogP contribution in [0.5, 0.6) is 11.5 Å². The molecule has 0 saturated heterocycles. The summed E-state index contributed by atoms with van der Waals surface area (Å²) < 4.78 is 11.1. The molecule has 6 rings (SSSR count). The van der Waals surface area contributed by atoms with Gasteiger partial charge in [-0.3, -0.25) is 0 Å². The van der Waals surface area contributed by atoms with Crippen LogP contribution in [-0.4, -0.2) is 14.2 Å². The van der Waals surface area contributed by atoms with E-state index in [0.717, 1.165) is 33.0 Å². The van der Waals surface area contributed by atoms with Crippen LogP contribution in [0, 0.1) is 0 Å². The fourth-order valence-electron chi connectivity index (χ4n) is 5.02. The van der Waals surface area contributed by atoms with Crippen molar-refractivity contribution >= 4 is 43.9 Å². The second-order valence-corrected chi connectivity index (χ2v) is 9.08. The molecule has 0 saturated carbocycles. The van der Waals surface area contributed by atoms with E-state index >= 15 is 0 Å². The number of halogens is 1. The van der Waals surface area contributed by atoms with E-state index in [1.807, 2.05) is 30.3 Å². The van der Waals surface area contributed by atoms with Gasteiger partial charge in [0.05, 0.1) is 14.2 Å². The number of rotatable bonds is 4. The maximum Gasteiger partial charge on any atom is 0.119 e. The molecule has 0 unspecified atom stereocenters. The predicted molar refractivity (Wildman–Crippen MR) is 148 cm³/mol. The van der Waals surface area contributed by atoms with Crippen molar-refractivity contribution in [3.05, 3.63) is 108 Å². The Bertz CT molecular complexity index is 1700. The average molecular weight is 475 g/mol. The van der Waals surface area contributed by atoms with Crippen LogP contribution in [0.2, 0.25) is 5.02 Å². The first-order valence-corrected chi connectivity index (χ1v) is 11.9. The molecule has 0 radical (unpaired) electrons. The van der Waals surface area contributed by atoms with Gasteiger partial charge >= 0.3 is 0 Å². The van der Waals surface area contributed by atoms with Crippen LogP contribution >= 0.6 is 11.6 Å². The highest BCUT2D eigenvalue weighted by Crippen LogP contribution is 2.46. The van der Waals surface area contributed by atoms with Crippen molar-refractivity contribution in [3.8, 4) is 33.8 Å². The molecular formula is C32H23ClO2. The molecule has 170 valence electrons. The van der Waals surface area contributed by atoms with Crippen molar-refractivity contribution in [1.82, 2.24) is 0 Å². The average Bonchev–Trinajstić information content (AvgIpc) is 2.91. The van der Waals surface area contributed by atoms with Gasteiger partial charge in [-0.2, -0.15) is 0 Å². The van der Waals surface area contributed by atoms with E-state index < -0.39 is 0 Å². The van der Waals surface area contributed by atoms with Crippen molar-refractivity contribution in [1.29, 1.82) is 0 Å². The molecule has 0 aliphatic carbocycles. The Balaban J connectivity index is 1.83. The molecule has 0 N–H and O–H groups in total. The Morgan fingerprint density at radius 2 is 0.971 bits per heavy atom. The molecule has 3 heteroatoms. The molecule has 0 aliphatic heterocycles. The molecule has 6 aromatic carbocycles. The van der Waals surface area contributed by atoms with Crippen molar-refractivity contribution < 1.29 is 9.47 Å². The Morgan fingerprint density at radius 1 is 0.486 bits per heavy atom. The zero-order valence-corrected chi connectivity index (χ0v) is 20.3. The van der Waals surface area contributed by atoms with Gasteiger partial charge in [0.15, 0.2) is 0 Å². The van der Waals surface area contributed by atoms with Crippen LogP contribution in [-0.2, 0) is 0 Å². The van der Waals surface area contributed by atoms with Gasteiger partial charge in [0, 0.05) is 5.02 Å². The van der Waals surface area contributed by atoms with Gasteiger partial charge in [0.2, 0.25) is 0 Å². The van der Waals surface area contributed by atoms with Crippen LogP contribution in [0.3, 0.4) is 0 Å². The van der Waals surface area contributed by atoms with Gasteiger partial charge in [-0.15, -0.1) is 0 Å². The SMILES string of the molecule is COc1ccc(-c2c3cc(OC)ccc3c(-c3ccc(Cl)cc3)c3cc4ccccc4cc23)cc1. The fraction of sp³-hybridized carbons (Fsp3) is 0.0625. The van der Waals surface area contributed by atoms with E-state index in [9.17, 15) is 0 Å². The van der Waals surface area contributed by atoms with Crippen LogP contribution < -0.4 is 9.47 Å². The summed E-state index contributed by atoms with van der Waals surface area (Å²) in [6.07, 6.45) is 0. The molecule has 35 heavy (non-hydrogen) atoms. The molecule has 0 aromatic heterocycles. The predicted octanol–water partition coefficient (Wildman–Crippen LogP) is 9.15. The van der Waals surface area contributed by atoms with E-state index in [4.69, 9.17) is 21.1 Å². The third-order valence-electron chi connectivity index (χ3n) is 6.70. The zero-order valence-electron chi connectivity index (χ0n) is 19.5. The standard InChI is InChI=1S/C32H23ClO2/c1-34-25-13-9-21(10-14-25)32-29-18-23-6-4-3-5-22(23)17-28(29)31(20-7-11-24(33)12-8-20)27-16-15-26(35-2)19-30(27)32/h3-19H,1-2H3. The van der Waals surface area contributed by atoms with Gasteiger partial charge in [-0.1, -0.05) is 66.2 Å². The highest BCUT2D eigenvalue weighted by atomic mass is 35.5. The molecule has 0 aliphatic rings. The number of hydrogen-bond acceptors (Lipinski definition) is 2. The third-order valence-corrected chi connectivity index (χ3v) is 6.95. The van der Waals surface area contributed by atoms with Crippen LogP contribution in [0.15, 0.2) is 103 Å². The lowest BCUT2D eigenvalue weighted by molar-refractivity contribution is 0.415. The van der Waals surface area contributed by atoms with Crippen molar-refractivity contribution in [2.45, 2.75) is 0 Å². The Labute approximate surface area is 209 Å². The summed E-state index contributed by atoms with van der Waals surface area (Å²) >= 11 is 6.26. The molecule has 0 spiro atoms. The van der Waals surface area contributed by atoms with Crippen LogP contribution in [0.25, 0.3) is 54.6 Å². The number of benzene rings is 6. The summed E-state index contributed by atoms with van der Waals surface area (Å²) in [6, 6.07) is 35.9. The smallest absolute Gasteiger partial charge is 0.119 e. The Morgan fingerprint density at radius 3 is 1.54 bits per heavy atom. The number of methoxy groups -OCH3 is 2. The minimum Gasteiger partial charge on any atom is -0.497 e. The lowest BCUT2D eigenvalue weighted by atomic mass is 9.85. The van der Waals surface area contributed by atoms with E-state index in [1.165, 1.54) is 38.1 Å². The molecule has 0 fully saturated rings. The molecule has 2 nitrogen and oxygen atoms in total. The maximum atomic E-state index is 6.26. The molecule has 6 aromatic rings. The summed E-state index contributed by atoms with van der Waals surface area (Å²) in [6.45, 7) is 0. The number of ether oxygens (including phenoxy) is 2. The lowest BCUT2D eigenvalue weighted by Gasteiger charge is -2.19. The largest absolute Gasteiger partial charge is 0.497 e. The van der Waals surface area contributed by atoms with Gasteiger partial charge in [-0.05, 0) is 103 Å². The van der Waals surface area contributed by atoms with Gasteiger partial charge < -0.3 is 9.47 Å². The summed E-state index contributed by atoms with van der Waals surface area (Å²) in [4.78, 5) is 0. The van der Waals surface area contributed by atoms with Gasteiger partial charge in [0.1, 0.15) is 11.5 Å². The second-order valence-electron chi connectivity index (χ2n) is 8.64. The molecule has 0 heterocycles. The summed E-state index contributed by atoms with van der Waals surface area (Å²) in [5.41, 5.74) is 4.63. The summed E-state index contributed by atoms with van der Waals surface area (Å²) in [5.74, 6) is 1.66. The van der Waals surface area contributed by atoms with Gasteiger partial charge in [0.25, 0.3) is 0 Å². The van der Waals surface area contributed by atoms with E-state index in [-0.39, 0.29) is 0 Å². The molecule has 0 bridgehead atoms. The van der Waals surface area contributed by atoms with Gasteiger partial charge in [-0.25, -0.2) is 0 Å². The topological polar surface area (TPSA) is 18.5 Å². The van der Waals surface area contributed by atoms with E-state index in [0.29, 0.717) is 0 Å². The summed E-state index contributed by atoms with van der Waals surface area (Å²) in [7, 11) is 3.40. The first-order valence-electron chi connectivity index (χ1n) is 11.5. The van der Waals surface area contributed by atoms with Crippen LogP contribution in [0.4, 0.5) is 0 Å². The molecule has 0 atom stereocenters. The fourth-order valence-corrected chi connectivity index (χ4v) is 5.14. The highest BCUT2D eigenvalue weighted by Gasteiger charge is 2.18. The first kappa shape index (κ1) is 21.5. The number of fused-ring (bicyclic) bond motifs is 3. The number of hydrogen-bond donors (Lipinski definition) is 0. The van der Waals surface area contributed by atoms with Crippen LogP contribution in [0.1, 0.15) is 0 Å². The van der Waals surface area contributed by atoms with Crippen molar-refractivity contribution in [3.63, 3.8) is 0 Å². The molecular weight excluding hydrogens is 452 g/mol. The van der Waals surface area contributed by atoms with E-state index in [1.54, 1.807) is 14.2 Å². The minimum atomic E-state index is 0.726. The normalized spacial score (nSPS) is 11.3. The van der Waals surface area contributed by atoms with E-state index in [2.05, 4.69) is 72.8 Å². The van der Waals surface area contributed by atoms with Crippen molar-refractivity contribution in [2.75, 3.05) is 14.2 Å². The van der Waals surface area contributed by atoms with Crippen molar-refractivity contribution in [2.24, 2.45) is 0 Å². The highest BCUT2D eigenvalue weighted by molar-refractivity contribution is 6.30. The Hall–Kier alpha value is -4.01.